The second kappa shape index (κ2) is 9.54. The molecule has 6 heteroatoms. The number of benzene rings is 2. The molecule has 5 nitrogen and oxygen atoms in total. The van der Waals surface area contributed by atoms with E-state index in [1.807, 2.05) is 24.3 Å². The Labute approximate surface area is 146 Å². The number of amidine groups is 1. The molecule has 2 aromatic carbocycles. The number of aldehydes is 1. The number of carbonyl (C=O) groups excluding carboxylic acids is 1. The summed E-state index contributed by atoms with van der Waals surface area (Å²) in [5.74, 6) is 0.876. The molecule has 1 atom stereocenters. The van der Waals surface area contributed by atoms with Gasteiger partial charge in [-0.15, -0.1) is 0 Å². The first kappa shape index (κ1) is 18.6. The van der Waals surface area contributed by atoms with Crippen molar-refractivity contribution in [2.24, 2.45) is 10.7 Å². The maximum absolute atomic E-state index is 12.9. The molecule has 132 valence electrons. The molecule has 0 aliphatic heterocycles. The lowest BCUT2D eigenvalue weighted by Gasteiger charge is -2.13. The fraction of sp³-hybridized carbons (Fsp3) is 0.263. The van der Waals surface area contributed by atoms with Gasteiger partial charge in [0, 0.05) is 13.0 Å². The van der Waals surface area contributed by atoms with E-state index in [2.05, 4.69) is 10.3 Å². The minimum atomic E-state index is -0.418. The van der Waals surface area contributed by atoms with Crippen LogP contribution < -0.4 is 15.8 Å². The predicted molar refractivity (Wildman–Crippen MR) is 96.0 cm³/mol. The first-order valence-corrected chi connectivity index (χ1v) is 7.95. The van der Waals surface area contributed by atoms with Gasteiger partial charge in [0.2, 0.25) is 0 Å². The van der Waals surface area contributed by atoms with Gasteiger partial charge >= 0.3 is 0 Å². The molecule has 0 aliphatic rings. The highest BCUT2D eigenvalue weighted by molar-refractivity contribution is 5.83. The number of hydrogen-bond acceptors (Lipinski definition) is 4. The molecule has 0 aromatic heterocycles. The van der Waals surface area contributed by atoms with E-state index in [9.17, 15) is 9.18 Å². The van der Waals surface area contributed by atoms with Crippen molar-refractivity contribution in [3.05, 3.63) is 65.5 Å². The van der Waals surface area contributed by atoms with Crippen LogP contribution in [0, 0.1) is 5.82 Å². The second-order valence-corrected chi connectivity index (χ2v) is 5.61. The largest absolute Gasteiger partial charge is 0.497 e. The Bertz CT molecular complexity index is 700. The van der Waals surface area contributed by atoms with Crippen molar-refractivity contribution in [1.82, 2.24) is 5.32 Å². The third kappa shape index (κ3) is 6.35. The second-order valence-electron chi connectivity index (χ2n) is 5.61. The van der Waals surface area contributed by atoms with Crippen LogP contribution in [0.15, 0.2) is 53.5 Å². The third-order valence-electron chi connectivity index (χ3n) is 3.70. The van der Waals surface area contributed by atoms with E-state index in [1.165, 1.54) is 12.1 Å². The number of nitrogens with one attached hydrogen (secondary N) is 1. The molecule has 2 aromatic rings. The van der Waals surface area contributed by atoms with Crippen molar-refractivity contribution in [1.29, 1.82) is 0 Å². The normalized spacial score (nSPS) is 12.6. The van der Waals surface area contributed by atoms with Gasteiger partial charge in [-0.3, -0.25) is 4.99 Å². The van der Waals surface area contributed by atoms with Crippen LogP contribution in [0.4, 0.5) is 4.39 Å². The molecular weight excluding hydrogens is 321 g/mol. The monoisotopic (exact) mass is 343 g/mol. The maximum Gasteiger partial charge on any atom is 0.137 e. The van der Waals surface area contributed by atoms with Gasteiger partial charge in [0.15, 0.2) is 0 Å². The summed E-state index contributed by atoms with van der Waals surface area (Å²) in [7, 11) is 1.61. The molecule has 0 saturated carbocycles. The summed E-state index contributed by atoms with van der Waals surface area (Å²) in [6.07, 6.45) is 1.14. The topological polar surface area (TPSA) is 76.7 Å². The van der Waals surface area contributed by atoms with Crippen molar-refractivity contribution in [2.75, 3.05) is 7.11 Å². The Morgan fingerprint density at radius 3 is 2.44 bits per heavy atom. The quantitative estimate of drug-likeness (QED) is 0.416. The maximum atomic E-state index is 12.9. The van der Waals surface area contributed by atoms with Crippen molar-refractivity contribution < 1.29 is 13.9 Å². The zero-order valence-electron chi connectivity index (χ0n) is 14.1. The average Bonchev–Trinajstić information content (AvgIpc) is 2.65. The first-order valence-electron chi connectivity index (χ1n) is 7.95. The number of aliphatic imine (C=N–C) groups is 1. The molecule has 2 rings (SSSR count). The lowest BCUT2D eigenvalue weighted by Crippen LogP contribution is -2.34. The van der Waals surface area contributed by atoms with Crippen molar-refractivity contribution in [3.8, 4) is 5.75 Å². The van der Waals surface area contributed by atoms with Crippen LogP contribution in [0.1, 0.15) is 17.5 Å². The van der Waals surface area contributed by atoms with Gasteiger partial charge in [-0.05, 0) is 35.4 Å². The first-order chi connectivity index (χ1) is 12.1. The Kier molecular flexibility index (Phi) is 7.10. The van der Waals surface area contributed by atoms with Crippen LogP contribution in [-0.2, 0) is 17.9 Å². The fourth-order valence-electron chi connectivity index (χ4n) is 2.23. The van der Waals surface area contributed by atoms with Gasteiger partial charge in [0.1, 0.15) is 17.9 Å². The fourth-order valence-corrected chi connectivity index (χ4v) is 2.23. The van der Waals surface area contributed by atoms with Gasteiger partial charge in [-0.1, -0.05) is 24.3 Å². The third-order valence-corrected chi connectivity index (χ3v) is 3.70. The van der Waals surface area contributed by atoms with Crippen molar-refractivity contribution >= 4 is 12.1 Å². The molecule has 3 N–H and O–H groups in total. The van der Waals surface area contributed by atoms with Crippen LogP contribution in [0.5, 0.6) is 5.75 Å². The van der Waals surface area contributed by atoms with Gasteiger partial charge in [-0.25, -0.2) is 4.39 Å². The van der Waals surface area contributed by atoms with E-state index >= 15 is 0 Å². The molecular formula is C19H22FN3O2. The summed E-state index contributed by atoms with van der Waals surface area (Å²) in [5, 5.41) is 3.14. The molecule has 25 heavy (non-hydrogen) atoms. The summed E-state index contributed by atoms with van der Waals surface area (Å²) >= 11 is 0. The highest BCUT2D eigenvalue weighted by Gasteiger charge is 2.09. The number of nitrogens with two attached hydrogens (primary N) is 1. The minimum absolute atomic E-state index is 0.288. The van der Waals surface area contributed by atoms with Crippen LogP contribution in [-0.4, -0.2) is 25.3 Å². The standard InChI is InChI=1S/C19H22FN3O2/c1-25-18-8-4-15(5-9-18)11-22-17(13-24)10-19(21)23-12-14-2-6-16(20)7-3-14/h2-9,13,17,22H,10-12H2,1H3,(H2,21,23). The lowest BCUT2D eigenvalue weighted by molar-refractivity contribution is -0.109. The van der Waals surface area contributed by atoms with Crippen LogP contribution in [0.25, 0.3) is 0 Å². The molecule has 0 saturated heterocycles. The zero-order valence-corrected chi connectivity index (χ0v) is 14.1. The molecule has 0 heterocycles. The highest BCUT2D eigenvalue weighted by Crippen LogP contribution is 2.11. The number of rotatable bonds is 9. The Morgan fingerprint density at radius 2 is 1.84 bits per heavy atom. The molecule has 0 radical (unpaired) electrons. The number of halogens is 1. The van der Waals surface area contributed by atoms with Crippen LogP contribution in [0.3, 0.4) is 0 Å². The summed E-state index contributed by atoms with van der Waals surface area (Å²) in [6.45, 7) is 0.898. The highest BCUT2D eigenvalue weighted by atomic mass is 19.1. The summed E-state index contributed by atoms with van der Waals surface area (Å²) in [5.41, 5.74) is 7.79. The van der Waals surface area contributed by atoms with E-state index in [-0.39, 0.29) is 5.82 Å². The van der Waals surface area contributed by atoms with E-state index in [0.717, 1.165) is 23.2 Å². The average molecular weight is 343 g/mol. The Morgan fingerprint density at radius 1 is 1.20 bits per heavy atom. The SMILES string of the molecule is COc1ccc(CNC(C=O)CC(N)=NCc2ccc(F)cc2)cc1. The van der Waals surface area contributed by atoms with Crippen molar-refractivity contribution in [3.63, 3.8) is 0 Å². The van der Waals surface area contributed by atoms with Gasteiger partial charge in [0.05, 0.1) is 25.5 Å². The summed E-state index contributed by atoms with van der Waals surface area (Å²) < 4.78 is 18.0. The number of methoxy groups -OCH3 is 1. The Hall–Kier alpha value is -2.73. The molecule has 0 bridgehead atoms. The molecule has 0 spiro atoms. The minimum Gasteiger partial charge on any atom is -0.497 e. The number of nitrogens with zero attached hydrogens (tertiary/aromatic N) is 1. The van der Waals surface area contributed by atoms with Gasteiger partial charge in [-0.2, -0.15) is 0 Å². The van der Waals surface area contributed by atoms with Crippen LogP contribution >= 0.6 is 0 Å². The zero-order chi connectivity index (χ0) is 18.1. The lowest BCUT2D eigenvalue weighted by atomic mass is 10.1. The van der Waals surface area contributed by atoms with E-state index in [4.69, 9.17) is 10.5 Å². The van der Waals surface area contributed by atoms with Gasteiger partial charge < -0.3 is 20.6 Å². The molecule has 0 aliphatic carbocycles. The summed E-state index contributed by atoms with van der Waals surface area (Å²) in [6, 6.07) is 13.3. The molecule has 1 unspecified atom stereocenters. The summed E-state index contributed by atoms with van der Waals surface area (Å²) in [4.78, 5) is 15.5. The van der Waals surface area contributed by atoms with Crippen LogP contribution in [0.2, 0.25) is 0 Å². The number of carbonyl (C=O) groups is 1. The van der Waals surface area contributed by atoms with Gasteiger partial charge in [0.25, 0.3) is 0 Å². The van der Waals surface area contributed by atoms with E-state index < -0.39 is 6.04 Å². The molecule has 0 fully saturated rings. The van der Waals surface area contributed by atoms with E-state index in [0.29, 0.717) is 25.3 Å². The smallest absolute Gasteiger partial charge is 0.137 e. The predicted octanol–water partition coefficient (Wildman–Crippen LogP) is 2.44. The van der Waals surface area contributed by atoms with E-state index in [1.54, 1.807) is 19.2 Å². The number of hydrogen-bond donors (Lipinski definition) is 2. The number of ether oxygens (including phenoxy) is 1. The van der Waals surface area contributed by atoms with Crippen molar-refractivity contribution in [2.45, 2.75) is 25.6 Å². The molecule has 0 amide bonds. The Balaban J connectivity index is 1.83.